The molecule has 1 fully saturated rings. The van der Waals surface area contributed by atoms with Gasteiger partial charge in [-0.15, -0.1) is 0 Å². The Morgan fingerprint density at radius 1 is 1.00 bits per heavy atom. The van der Waals surface area contributed by atoms with Crippen molar-refractivity contribution < 1.29 is 14.3 Å². The first-order chi connectivity index (χ1) is 14.8. The van der Waals surface area contributed by atoms with E-state index in [0.29, 0.717) is 24.4 Å². The highest BCUT2D eigenvalue weighted by Crippen LogP contribution is 2.26. The molecule has 0 radical (unpaired) electrons. The summed E-state index contributed by atoms with van der Waals surface area (Å²) in [7, 11) is 0. The Labute approximate surface area is 188 Å². The Bertz CT molecular complexity index is 938. The smallest absolute Gasteiger partial charge is 0.257 e. The van der Waals surface area contributed by atoms with Crippen molar-refractivity contribution in [3.63, 3.8) is 0 Å². The van der Waals surface area contributed by atoms with Gasteiger partial charge in [-0.2, -0.15) is 0 Å². The number of para-hydroxylation sites is 2. The quantitative estimate of drug-likeness (QED) is 0.696. The average Bonchev–Trinajstić information content (AvgIpc) is 2.74. The number of ether oxygens (including phenoxy) is 1. The Morgan fingerprint density at radius 3 is 2.26 bits per heavy atom. The van der Waals surface area contributed by atoms with Crippen LogP contribution in [-0.4, -0.2) is 54.1 Å². The first-order valence-corrected chi connectivity index (χ1v) is 10.7. The zero-order valence-electron chi connectivity index (χ0n) is 18.1. The van der Waals surface area contributed by atoms with E-state index in [-0.39, 0.29) is 23.0 Å². The minimum Gasteiger partial charge on any atom is -0.491 e. The maximum absolute atomic E-state index is 12.5. The number of rotatable bonds is 5. The summed E-state index contributed by atoms with van der Waals surface area (Å²) in [4.78, 5) is 28.2. The number of hydrogen-bond acceptors (Lipinski definition) is 5. The van der Waals surface area contributed by atoms with E-state index in [1.54, 1.807) is 31.2 Å². The predicted octanol–water partition coefficient (Wildman–Crippen LogP) is 3.27. The molecule has 7 nitrogen and oxygen atoms in total. The highest BCUT2D eigenvalue weighted by atomic mass is 32.1. The van der Waals surface area contributed by atoms with E-state index in [2.05, 4.69) is 15.5 Å². The largest absolute Gasteiger partial charge is 0.491 e. The fourth-order valence-corrected chi connectivity index (χ4v) is 3.61. The topological polar surface area (TPSA) is 73.9 Å². The SMILES string of the molecule is CC(=O)N1CCN(c2ccccc2NC(=S)NC(=O)c2ccc(OC(C)C)cc2)CC1. The van der Waals surface area contributed by atoms with E-state index in [0.717, 1.165) is 24.5 Å². The Kier molecular flexibility index (Phi) is 7.46. The normalized spacial score (nSPS) is 13.7. The van der Waals surface area contributed by atoms with Crippen molar-refractivity contribution in [3.05, 3.63) is 54.1 Å². The van der Waals surface area contributed by atoms with Gasteiger partial charge in [0.15, 0.2) is 5.11 Å². The predicted molar refractivity (Wildman–Crippen MR) is 127 cm³/mol. The number of piperazine rings is 1. The second kappa shape index (κ2) is 10.3. The zero-order valence-corrected chi connectivity index (χ0v) is 18.9. The monoisotopic (exact) mass is 440 g/mol. The van der Waals surface area contributed by atoms with Crippen LogP contribution in [0.1, 0.15) is 31.1 Å². The van der Waals surface area contributed by atoms with Gasteiger partial charge in [0.1, 0.15) is 5.75 Å². The van der Waals surface area contributed by atoms with Crippen LogP contribution >= 0.6 is 12.2 Å². The maximum atomic E-state index is 12.5. The van der Waals surface area contributed by atoms with Gasteiger partial charge in [0.05, 0.1) is 17.5 Å². The van der Waals surface area contributed by atoms with Crippen molar-refractivity contribution in [1.82, 2.24) is 10.2 Å². The lowest BCUT2D eigenvalue weighted by Gasteiger charge is -2.36. The molecule has 2 amide bonds. The molecule has 3 rings (SSSR count). The molecule has 2 N–H and O–H groups in total. The molecule has 1 aliphatic rings. The number of anilines is 2. The van der Waals surface area contributed by atoms with E-state index in [4.69, 9.17) is 17.0 Å². The van der Waals surface area contributed by atoms with Gasteiger partial charge in [0.2, 0.25) is 5.91 Å². The minimum atomic E-state index is -0.291. The Hall–Kier alpha value is -3.13. The van der Waals surface area contributed by atoms with Crippen LogP contribution in [0.25, 0.3) is 0 Å². The molecule has 0 atom stereocenters. The first-order valence-electron chi connectivity index (χ1n) is 10.3. The van der Waals surface area contributed by atoms with Crippen molar-refractivity contribution in [2.45, 2.75) is 26.9 Å². The molecular formula is C23H28N4O3S. The lowest BCUT2D eigenvalue weighted by Crippen LogP contribution is -2.48. The number of carbonyl (C=O) groups is 2. The first kappa shape index (κ1) is 22.6. The number of nitrogens with one attached hydrogen (secondary N) is 2. The summed E-state index contributed by atoms with van der Waals surface area (Å²) in [5.74, 6) is 0.519. The molecule has 1 aliphatic heterocycles. The number of amides is 2. The van der Waals surface area contributed by atoms with E-state index in [1.807, 2.05) is 43.0 Å². The van der Waals surface area contributed by atoms with Crippen LogP contribution < -0.4 is 20.3 Å². The highest BCUT2D eigenvalue weighted by molar-refractivity contribution is 7.80. The number of carbonyl (C=O) groups excluding carboxylic acids is 2. The van der Waals surface area contributed by atoms with E-state index in [1.165, 1.54) is 0 Å². The summed E-state index contributed by atoms with van der Waals surface area (Å²) in [6, 6.07) is 14.7. The van der Waals surface area contributed by atoms with Crippen molar-refractivity contribution in [3.8, 4) is 5.75 Å². The van der Waals surface area contributed by atoms with Crippen LogP contribution in [0, 0.1) is 0 Å². The summed E-state index contributed by atoms with van der Waals surface area (Å²) < 4.78 is 5.60. The van der Waals surface area contributed by atoms with Crippen molar-refractivity contribution in [1.29, 1.82) is 0 Å². The summed E-state index contributed by atoms with van der Waals surface area (Å²) in [6.45, 7) is 8.34. The number of nitrogens with zero attached hydrogens (tertiary/aromatic N) is 2. The number of benzene rings is 2. The fraction of sp³-hybridized carbons (Fsp3) is 0.348. The summed E-state index contributed by atoms with van der Waals surface area (Å²) >= 11 is 5.37. The lowest BCUT2D eigenvalue weighted by atomic mass is 10.2. The summed E-state index contributed by atoms with van der Waals surface area (Å²) in [5, 5.41) is 6.08. The summed E-state index contributed by atoms with van der Waals surface area (Å²) in [5.41, 5.74) is 2.29. The molecule has 0 aromatic heterocycles. The van der Waals surface area contributed by atoms with Gasteiger partial charge in [-0.1, -0.05) is 12.1 Å². The molecular weight excluding hydrogens is 412 g/mol. The highest BCUT2D eigenvalue weighted by Gasteiger charge is 2.21. The van der Waals surface area contributed by atoms with Crippen LogP contribution in [0.5, 0.6) is 5.75 Å². The molecule has 31 heavy (non-hydrogen) atoms. The Balaban J connectivity index is 1.61. The molecule has 0 unspecified atom stereocenters. The van der Waals surface area contributed by atoms with Gasteiger partial charge < -0.3 is 19.9 Å². The van der Waals surface area contributed by atoms with Gasteiger partial charge in [-0.3, -0.25) is 14.9 Å². The molecule has 0 spiro atoms. The third-order valence-electron chi connectivity index (χ3n) is 4.93. The summed E-state index contributed by atoms with van der Waals surface area (Å²) in [6.07, 6.45) is 0.0713. The van der Waals surface area contributed by atoms with Crippen LogP contribution in [0.2, 0.25) is 0 Å². The van der Waals surface area contributed by atoms with Gasteiger partial charge in [0.25, 0.3) is 5.91 Å². The van der Waals surface area contributed by atoms with Gasteiger partial charge in [-0.25, -0.2) is 0 Å². The minimum absolute atomic E-state index is 0.0713. The Morgan fingerprint density at radius 2 is 1.65 bits per heavy atom. The fourth-order valence-electron chi connectivity index (χ4n) is 3.40. The van der Waals surface area contributed by atoms with Crippen molar-refractivity contribution >= 4 is 40.5 Å². The van der Waals surface area contributed by atoms with Crippen LogP contribution in [0.15, 0.2) is 48.5 Å². The zero-order chi connectivity index (χ0) is 22.4. The molecule has 8 heteroatoms. The van der Waals surface area contributed by atoms with Crippen LogP contribution in [0.4, 0.5) is 11.4 Å². The molecule has 2 aromatic carbocycles. The van der Waals surface area contributed by atoms with E-state index in [9.17, 15) is 9.59 Å². The van der Waals surface area contributed by atoms with Crippen molar-refractivity contribution in [2.75, 3.05) is 36.4 Å². The molecule has 164 valence electrons. The van der Waals surface area contributed by atoms with Gasteiger partial charge >= 0.3 is 0 Å². The average molecular weight is 441 g/mol. The van der Waals surface area contributed by atoms with Gasteiger partial charge in [-0.05, 0) is 62.5 Å². The van der Waals surface area contributed by atoms with Crippen LogP contribution in [-0.2, 0) is 4.79 Å². The molecule has 2 aromatic rings. The second-order valence-corrected chi connectivity index (χ2v) is 8.02. The lowest BCUT2D eigenvalue weighted by molar-refractivity contribution is -0.129. The van der Waals surface area contributed by atoms with Crippen LogP contribution in [0.3, 0.4) is 0 Å². The maximum Gasteiger partial charge on any atom is 0.257 e. The standard InChI is InChI=1S/C23H28N4O3S/c1-16(2)30-19-10-8-18(9-11-19)22(29)25-23(31)24-20-6-4-5-7-21(20)27-14-12-26(13-15-27)17(3)28/h4-11,16H,12-15H2,1-3H3,(H2,24,25,29,31). The number of hydrogen-bond donors (Lipinski definition) is 2. The van der Waals surface area contributed by atoms with Gasteiger partial charge in [0, 0.05) is 38.7 Å². The molecule has 1 saturated heterocycles. The second-order valence-electron chi connectivity index (χ2n) is 7.61. The van der Waals surface area contributed by atoms with E-state index < -0.39 is 0 Å². The molecule has 0 aliphatic carbocycles. The molecule has 0 saturated carbocycles. The third kappa shape index (κ3) is 6.18. The third-order valence-corrected chi connectivity index (χ3v) is 5.14. The number of thiocarbonyl (C=S) groups is 1. The molecule has 0 bridgehead atoms. The van der Waals surface area contributed by atoms with E-state index >= 15 is 0 Å². The van der Waals surface area contributed by atoms with Crippen molar-refractivity contribution in [2.24, 2.45) is 0 Å². The molecule has 1 heterocycles.